The van der Waals surface area contributed by atoms with E-state index >= 15 is 0 Å². The Morgan fingerprint density at radius 3 is 0.938 bits per heavy atom. The summed E-state index contributed by atoms with van der Waals surface area (Å²) in [6.07, 6.45) is 0. The minimum atomic E-state index is -4.07. The van der Waals surface area contributed by atoms with Crippen LogP contribution in [0.2, 0.25) is 0 Å². The summed E-state index contributed by atoms with van der Waals surface area (Å²) in [6.45, 7) is 18.0. The molecule has 0 saturated carbocycles. The van der Waals surface area contributed by atoms with Crippen LogP contribution in [-0.4, -0.2) is 0 Å². The molecule has 0 aromatic heterocycles. The lowest BCUT2D eigenvalue weighted by atomic mass is 10.0. The normalized spacial score (nSPS) is 11.4. The highest BCUT2D eigenvalue weighted by Gasteiger charge is 2.35. The molecule has 0 fully saturated rings. The van der Waals surface area contributed by atoms with Crippen LogP contribution in [0.1, 0.15) is 50.1 Å². The lowest BCUT2D eigenvalue weighted by Crippen LogP contribution is -2.10. The van der Waals surface area contributed by atoms with Crippen molar-refractivity contribution in [2.24, 2.45) is 0 Å². The Bertz CT molecular complexity index is 1080. The van der Waals surface area contributed by atoms with Crippen molar-refractivity contribution in [3.8, 4) is 17.2 Å². The highest BCUT2D eigenvalue weighted by Crippen LogP contribution is 2.52. The van der Waals surface area contributed by atoms with Gasteiger partial charge in [0, 0.05) is 0 Å². The Morgan fingerprint density at radius 2 is 0.688 bits per heavy atom. The third-order valence-corrected chi connectivity index (χ3v) is 7.92. The van der Waals surface area contributed by atoms with Crippen molar-refractivity contribution in [2.45, 2.75) is 62.3 Å². The van der Waals surface area contributed by atoms with E-state index in [1.165, 1.54) is 0 Å². The average Bonchev–Trinajstić information content (AvgIpc) is 2.75. The number of benzene rings is 3. The minimum absolute atomic E-state index is 0.486. The Balaban J connectivity index is 2.09. The summed E-state index contributed by atoms with van der Waals surface area (Å²) in [7, 11) is -4.07. The smallest absolute Gasteiger partial charge is 0.386 e. The third kappa shape index (κ3) is 4.71. The first kappa shape index (κ1) is 23.9. The molecule has 0 aliphatic rings. The second-order valence-electron chi connectivity index (χ2n) is 8.61. The van der Waals surface area contributed by atoms with Gasteiger partial charge in [-0.15, -0.1) is 0 Å². The van der Waals surface area contributed by atoms with Crippen molar-refractivity contribution in [3.05, 3.63) is 86.5 Å². The lowest BCUT2D eigenvalue weighted by Gasteiger charge is -2.23. The molecule has 0 N–H and O–H groups in total. The van der Waals surface area contributed by atoms with Crippen molar-refractivity contribution in [3.63, 3.8) is 0 Å². The molecule has 170 valence electrons. The molecular formula is C27H33O4P. The van der Waals surface area contributed by atoms with Crippen molar-refractivity contribution in [1.29, 1.82) is 0 Å². The summed E-state index contributed by atoms with van der Waals surface area (Å²) in [6, 6.07) is 11.3. The van der Waals surface area contributed by atoms with Gasteiger partial charge in [-0.25, -0.2) is 0 Å². The Morgan fingerprint density at radius 1 is 0.438 bits per heavy atom. The van der Waals surface area contributed by atoms with Crippen LogP contribution in [0.25, 0.3) is 0 Å². The number of phosphoric ester groups is 1. The number of hydrogen-bond acceptors (Lipinski definition) is 4. The van der Waals surface area contributed by atoms with Gasteiger partial charge in [0.25, 0.3) is 0 Å². The molecule has 3 aromatic carbocycles. The van der Waals surface area contributed by atoms with Crippen LogP contribution in [-0.2, 0) is 4.57 Å². The minimum Gasteiger partial charge on any atom is -0.386 e. The quantitative estimate of drug-likeness (QED) is 0.354. The molecule has 0 spiro atoms. The molecule has 0 amide bonds. The van der Waals surface area contributed by atoms with E-state index < -0.39 is 7.82 Å². The monoisotopic (exact) mass is 452 g/mol. The van der Waals surface area contributed by atoms with E-state index in [1.54, 1.807) is 0 Å². The largest absolute Gasteiger partial charge is 0.647 e. The molecule has 0 heterocycles. The number of rotatable bonds is 6. The zero-order chi connectivity index (χ0) is 23.8. The van der Waals surface area contributed by atoms with Crippen molar-refractivity contribution in [2.75, 3.05) is 0 Å². The van der Waals surface area contributed by atoms with E-state index in [1.807, 2.05) is 98.7 Å². The second-order valence-corrected chi connectivity index (χ2v) is 10.1. The van der Waals surface area contributed by atoms with Crippen LogP contribution in [0.15, 0.2) is 36.4 Å². The maximum absolute atomic E-state index is 14.1. The fraction of sp³-hybridized carbons (Fsp3) is 0.333. The summed E-state index contributed by atoms with van der Waals surface area (Å²) in [4.78, 5) is 0. The Kier molecular flexibility index (Phi) is 6.76. The van der Waals surface area contributed by atoms with Crippen molar-refractivity contribution >= 4 is 7.82 Å². The molecule has 4 nitrogen and oxygen atoms in total. The first-order chi connectivity index (χ1) is 14.9. The van der Waals surface area contributed by atoms with E-state index in [9.17, 15) is 4.57 Å². The van der Waals surface area contributed by atoms with E-state index in [0.29, 0.717) is 17.2 Å². The molecule has 0 unspecified atom stereocenters. The summed E-state index contributed by atoms with van der Waals surface area (Å²) < 4.78 is 32.2. The molecule has 3 aromatic rings. The first-order valence-electron chi connectivity index (χ1n) is 10.8. The fourth-order valence-corrected chi connectivity index (χ4v) is 4.94. The van der Waals surface area contributed by atoms with Crippen LogP contribution >= 0.6 is 7.82 Å². The highest BCUT2D eigenvalue weighted by atomic mass is 31.2. The van der Waals surface area contributed by atoms with Gasteiger partial charge in [-0.05, 0) is 131 Å². The fourth-order valence-electron chi connectivity index (χ4n) is 3.51. The zero-order valence-electron chi connectivity index (χ0n) is 20.5. The van der Waals surface area contributed by atoms with E-state index in [-0.39, 0.29) is 0 Å². The molecule has 0 radical (unpaired) electrons. The van der Waals surface area contributed by atoms with Crippen LogP contribution in [0.4, 0.5) is 0 Å². The second kappa shape index (κ2) is 9.03. The van der Waals surface area contributed by atoms with E-state index in [2.05, 4.69) is 0 Å². The predicted molar refractivity (Wildman–Crippen MR) is 131 cm³/mol. The third-order valence-electron chi connectivity index (χ3n) is 6.66. The van der Waals surface area contributed by atoms with E-state index in [4.69, 9.17) is 13.6 Å². The number of aryl methyl sites for hydroxylation is 3. The molecule has 0 atom stereocenters. The number of phosphoric acid groups is 1. The summed E-state index contributed by atoms with van der Waals surface area (Å²) in [5.41, 5.74) is 9.39. The average molecular weight is 453 g/mol. The Hall–Kier alpha value is -2.71. The molecule has 0 saturated heterocycles. The van der Waals surface area contributed by atoms with Gasteiger partial charge < -0.3 is 13.6 Å². The van der Waals surface area contributed by atoms with Gasteiger partial charge in [0.1, 0.15) is 17.2 Å². The molecular weight excluding hydrogens is 419 g/mol. The van der Waals surface area contributed by atoms with Gasteiger partial charge in [0.2, 0.25) is 0 Å². The number of hydrogen-bond donors (Lipinski definition) is 0. The molecule has 32 heavy (non-hydrogen) atoms. The summed E-state index contributed by atoms with van der Waals surface area (Å²) >= 11 is 0. The molecule has 5 heteroatoms. The summed E-state index contributed by atoms with van der Waals surface area (Å²) in [5.74, 6) is 1.46. The molecule has 3 rings (SSSR count). The molecule has 0 aliphatic carbocycles. The highest BCUT2D eigenvalue weighted by molar-refractivity contribution is 7.49. The standard InChI is InChI=1S/C27H33O4P/c1-16-10-13-25(22(7)19(16)4)29-32(28,30-26-14-11-17(2)20(5)23(26)8)31-27-15-12-18(3)21(6)24(27)9/h10-15H,1-9H3. The zero-order valence-corrected chi connectivity index (χ0v) is 21.4. The SMILES string of the molecule is Cc1ccc(OP(=O)(Oc2ccc(C)c(C)c2C)Oc2ccc(C)c(C)c2C)c(C)c1C. The van der Waals surface area contributed by atoms with Crippen LogP contribution in [0.3, 0.4) is 0 Å². The van der Waals surface area contributed by atoms with Gasteiger partial charge in [-0.1, -0.05) is 18.2 Å². The maximum Gasteiger partial charge on any atom is 0.647 e. The van der Waals surface area contributed by atoms with Gasteiger partial charge in [0.15, 0.2) is 0 Å². The van der Waals surface area contributed by atoms with Crippen LogP contribution in [0, 0.1) is 62.3 Å². The van der Waals surface area contributed by atoms with Crippen LogP contribution < -0.4 is 13.6 Å². The molecule has 0 aliphatic heterocycles. The van der Waals surface area contributed by atoms with Crippen molar-refractivity contribution in [1.82, 2.24) is 0 Å². The summed E-state index contributed by atoms with van der Waals surface area (Å²) in [5, 5.41) is 0. The van der Waals surface area contributed by atoms with Gasteiger partial charge >= 0.3 is 7.82 Å². The van der Waals surface area contributed by atoms with Gasteiger partial charge in [-0.2, -0.15) is 4.57 Å². The van der Waals surface area contributed by atoms with Gasteiger partial charge in [0.05, 0.1) is 0 Å². The van der Waals surface area contributed by atoms with E-state index in [0.717, 1.165) is 50.1 Å². The lowest BCUT2D eigenvalue weighted by molar-refractivity contribution is 0.296. The topological polar surface area (TPSA) is 44.8 Å². The van der Waals surface area contributed by atoms with Crippen molar-refractivity contribution < 1.29 is 18.1 Å². The molecule has 0 bridgehead atoms. The van der Waals surface area contributed by atoms with Gasteiger partial charge in [-0.3, -0.25) is 0 Å². The maximum atomic E-state index is 14.1. The predicted octanol–water partition coefficient (Wildman–Crippen LogP) is 8.11. The Labute approximate surface area is 192 Å². The first-order valence-corrected chi connectivity index (χ1v) is 12.3. The van der Waals surface area contributed by atoms with Crippen LogP contribution in [0.5, 0.6) is 17.2 Å².